The minimum absolute atomic E-state index is 0. The van der Waals surface area contributed by atoms with Crippen molar-refractivity contribution in [3.63, 3.8) is 0 Å². The Hall–Kier alpha value is -2.14. The standard InChI is InChI=1S/C17H16N4.BrH/c1-20-10-11-21(17(20)18)16-12-6-2-4-8-14(12)19-15-9-5-3-7-13(15)16;/h2-9,18H,10-11H2,1H3;1H. The lowest BCUT2D eigenvalue weighted by molar-refractivity contribution is -0.487. The van der Waals surface area contributed by atoms with Gasteiger partial charge in [0.1, 0.15) is 12.2 Å². The molecule has 5 heteroatoms. The topological polar surface area (TPSA) is 45.2 Å². The van der Waals surface area contributed by atoms with Crippen LogP contribution in [0.25, 0.3) is 21.8 Å². The molecule has 0 bridgehead atoms. The van der Waals surface area contributed by atoms with E-state index in [2.05, 4.69) is 45.9 Å². The Bertz CT molecular complexity index is 834. The molecule has 112 valence electrons. The van der Waals surface area contributed by atoms with Gasteiger partial charge in [-0.05, 0) is 24.3 Å². The number of hydrogen-bond acceptors (Lipinski definition) is 3. The third kappa shape index (κ3) is 2.13. The van der Waals surface area contributed by atoms with Gasteiger partial charge in [0.2, 0.25) is 0 Å². The summed E-state index contributed by atoms with van der Waals surface area (Å²) >= 11 is 0. The maximum atomic E-state index is 6.28. The van der Waals surface area contributed by atoms with Gasteiger partial charge >= 0.3 is 5.96 Å². The van der Waals surface area contributed by atoms with E-state index >= 15 is 0 Å². The van der Waals surface area contributed by atoms with Crippen molar-refractivity contribution in [2.45, 2.75) is 0 Å². The normalized spacial score (nSPS) is 14.7. The number of rotatable bonds is 1. The number of pyridine rings is 1. The number of hydrogen-bond donors (Lipinski definition) is 1. The summed E-state index contributed by atoms with van der Waals surface area (Å²) in [6.45, 7) is 1.84. The average Bonchev–Trinajstić information content (AvgIpc) is 2.84. The van der Waals surface area contributed by atoms with Crippen LogP contribution in [0.3, 0.4) is 0 Å². The fourth-order valence-electron chi connectivity index (χ4n) is 3.02. The summed E-state index contributed by atoms with van der Waals surface area (Å²) in [7, 11) is 2.03. The van der Waals surface area contributed by atoms with Gasteiger partial charge in [0.15, 0.2) is 0 Å². The zero-order valence-corrected chi connectivity index (χ0v) is 13.9. The van der Waals surface area contributed by atoms with Gasteiger partial charge in [-0.3, -0.25) is 10.3 Å². The van der Waals surface area contributed by atoms with Gasteiger partial charge in [-0.2, -0.15) is 0 Å². The van der Waals surface area contributed by atoms with Gasteiger partial charge in [0.25, 0.3) is 0 Å². The molecule has 2 aromatic carbocycles. The quantitative estimate of drug-likeness (QED) is 0.457. The van der Waals surface area contributed by atoms with Gasteiger partial charge < -0.3 is 17.0 Å². The smallest absolute Gasteiger partial charge is 0.350 e. The second kappa shape index (κ2) is 5.57. The summed E-state index contributed by atoms with van der Waals surface area (Å²) in [5, 5.41) is 2.30. The molecule has 0 saturated heterocycles. The van der Waals surface area contributed by atoms with E-state index in [9.17, 15) is 0 Å². The number of halogens is 1. The van der Waals surface area contributed by atoms with Crippen LogP contribution in [-0.4, -0.2) is 35.7 Å². The third-order valence-electron chi connectivity index (χ3n) is 4.16. The third-order valence-corrected chi connectivity index (χ3v) is 4.16. The summed E-state index contributed by atoms with van der Waals surface area (Å²) in [4.78, 5) is 6.96. The summed E-state index contributed by atoms with van der Waals surface area (Å²) in [6, 6.07) is 16.5. The van der Waals surface area contributed by atoms with Gasteiger partial charge in [-0.25, -0.2) is 9.88 Å². The average molecular weight is 357 g/mol. The van der Waals surface area contributed by atoms with Crippen LogP contribution in [0.1, 0.15) is 0 Å². The second-order valence-electron chi connectivity index (χ2n) is 5.43. The number of likely N-dealkylation sites (N-methyl/N-ethyl adjacent to an activating group) is 1. The monoisotopic (exact) mass is 356 g/mol. The predicted molar refractivity (Wildman–Crippen MR) is 86.8 cm³/mol. The zero-order valence-electron chi connectivity index (χ0n) is 12.3. The van der Waals surface area contributed by atoms with Crippen molar-refractivity contribution in [2.24, 2.45) is 5.73 Å². The Balaban J connectivity index is 0.00000144. The van der Waals surface area contributed by atoms with Crippen molar-refractivity contribution in [1.82, 2.24) is 4.98 Å². The maximum absolute atomic E-state index is 6.28. The van der Waals surface area contributed by atoms with Gasteiger partial charge in [0.05, 0.1) is 24.6 Å². The number of anilines is 1. The first-order valence-electron chi connectivity index (χ1n) is 7.14. The van der Waals surface area contributed by atoms with Crippen molar-refractivity contribution in [3.05, 3.63) is 48.5 Å². The molecule has 22 heavy (non-hydrogen) atoms. The van der Waals surface area contributed by atoms with Crippen molar-refractivity contribution >= 4 is 33.5 Å². The predicted octanol–water partition coefficient (Wildman–Crippen LogP) is -0.831. The summed E-state index contributed by atoms with van der Waals surface area (Å²) in [5.74, 6) is 0.802. The van der Waals surface area contributed by atoms with E-state index in [0.29, 0.717) is 0 Å². The highest BCUT2D eigenvalue weighted by molar-refractivity contribution is 6.13. The Morgan fingerprint density at radius 1 is 1.00 bits per heavy atom. The lowest BCUT2D eigenvalue weighted by Gasteiger charge is -2.16. The molecule has 0 fully saturated rings. The number of benzene rings is 2. The molecule has 2 heterocycles. The fourth-order valence-corrected chi connectivity index (χ4v) is 3.02. The van der Waals surface area contributed by atoms with E-state index in [1.54, 1.807) is 0 Å². The molecule has 4 nitrogen and oxygen atoms in total. The Kier molecular flexibility index (Phi) is 3.74. The van der Waals surface area contributed by atoms with Crippen molar-refractivity contribution in [2.75, 3.05) is 25.0 Å². The number of fused-ring (bicyclic) bond motifs is 2. The number of nitrogens with two attached hydrogens (primary N) is 1. The lowest BCUT2D eigenvalue weighted by Crippen LogP contribution is -3.00. The molecule has 4 rings (SSSR count). The molecule has 1 aliphatic rings. The van der Waals surface area contributed by atoms with Crippen LogP contribution in [0.5, 0.6) is 0 Å². The highest BCUT2D eigenvalue weighted by Gasteiger charge is 2.29. The van der Waals surface area contributed by atoms with Gasteiger partial charge in [-0.1, -0.05) is 24.3 Å². The van der Waals surface area contributed by atoms with Crippen LogP contribution >= 0.6 is 0 Å². The molecule has 0 amide bonds. The van der Waals surface area contributed by atoms with Crippen LogP contribution in [0, 0.1) is 0 Å². The molecule has 0 saturated carbocycles. The summed E-state index contributed by atoms with van der Waals surface area (Å²) in [6.07, 6.45) is 0. The van der Waals surface area contributed by atoms with Crippen LogP contribution in [0.4, 0.5) is 5.69 Å². The molecule has 0 aliphatic carbocycles. The van der Waals surface area contributed by atoms with Crippen molar-refractivity contribution in [1.29, 1.82) is 0 Å². The second-order valence-corrected chi connectivity index (χ2v) is 5.43. The maximum Gasteiger partial charge on any atom is 0.350 e. The first kappa shape index (κ1) is 14.8. The first-order chi connectivity index (χ1) is 10.3. The Labute approximate surface area is 139 Å². The van der Waals surface area contributed by atoms with E-state index in [4.69, 9.17) is 10.7 Å². The molecule has 0 atom stereocenters. The molecule has 1 aromatic heterocycles. The van der Waals surface area contributed by atoms with E-state index in [0.717, 1.165) is 46.5 Å². The van der Waals surface area contributed by atoms with E-state index in [-0.39, 0.29) is 17.0 Å². The van der Waals surface area contributed by atoms with Crippen LogP contribution in [0.15, 0.2) is 48.5 Å². The van der Waals surface area contributed by atoms with Crippen LogP contribution in [-0.2, 0) is 0 Å². The SMILES string of the molecule is C[N+]1=C(N)N(c2c3ccccc3nc3ccccc23)CC1.[Br-]. The Morgan fingerprint density at radius 3 is 2.05 bits per heavy atom. The van der Waals surface area contributed by atoms with Gasteiger partial charge in [0, 0.05) is 10.8 Å². The fraction of sp³-hybridized carbons (Fsp3) is 0.176. The number of nitrogens with zero attached hydrogens (tertiary/aromatic N) is 3. The van der Waals surface area contributed by atoms with E-state index in [1.807, 2.05) is 19.2 Å². The summed E-state index contributed by atoms with van der Waals surface area (Å²) in [5.41, 5.74) is 9.47. The minimum Gasteiger partial charge on any atom is -1.00 e. The largest absolute Gasteiger partial charge is 1.00 e. The zero-order chi connectivity index (χ0) is 14.4. The summed E-state index contributed by atoms with van der Waals surface area (Å²) < 4.78 is 2.09. The molecule has 0 radical (unpaired) electrons. The first-order valence-corrected chi connectivity index (χ1v) is 7.14. The molecule has 3 aromatic rings. The minimum atomic E-state index is 0. The number of guanidine groups is 1. The molecule has 2 N–H and O–H groups in total. The molecule has 0 unspecified atom stereocenters. The lowest BCUT2D eigenvalue weighted by atomic mass is 10.1. The van der Waals surface area contributed by atoms with Crippen molar-refractivity contribution in [3.8, 4) is 0 Å². The number of aromatic nitrogens is 1. The molecular formula is C17H17BrN4. The molecular weight excluding hydrogens is 340 g/mol. The molecule has 0 spiro atoms. The van der Waals surface area contributed by atoms with Crippen LogP contribution in [0.2, 0.25) is 0 Å². The molecule has 1 aliphatic heterocycles. The number of para-hydroxylation sites is 2. The Morgan fingerprint density at radius 2 is 1.55 bits per heavy atom. The van der Waals surface area contributed by atoms with E-state index < -0.39 is 0 Å². The highest BCUT2D eigenvalue weighted by Crippen LogP contribution is 2.34. The highest BCUT2D eigenvalue weighted by atomic mass is 79.9. The van der Waals surface area contributed by atoms with Gasteiger partial charge in [-0.15, -0.1) is 0 Å². The van der Waals surface area contributed by atoms with Crippen molar-refractivity contribution < 1.29 is 21.6 Å². The van der Waals surface area contributed by atoms with Crippen LogP contribution < -0.4 is 27.6 Å². The van der Waals surface area contributed by atoms with E-state index in [1.165, 1.54) is 0 Å².